The highest BCUT2D eigenvalue weighted by molar-refractivity contribution is 5.79. The van der Waals surface area contributed by atoms with E-state index in [9.17, 15) is 0 Å². The van der Waals surface area contributed by atoms with E-state index in [1.54, 1.807) is 0 Å². The number of aliphatic imine (C=N–C) groups is 1. The van der Waals surface area contributed by atoms with Crippen LogP contribution in [0.1, 0.15) is 18.4 Å². The van der Waals surface area contributed by atoms with E-state index in [1.165, 1.54) is 5.56 Å². The molecule has 10 heavy (non-hydrogen) atoms. The van der Waals surface area contributed by atoms with Crippen molar-refractivity contribution in [2.45, 2.75) is 12.8 Å². The Morgan fingerprint density at radius 3 is 3.00 bits per heavy atom. The maximum absolute atomic E-state index is 4.13. The van der Waals surface area contributed by atoms with Gasteiger partial charge in [0.1, 0.15) is 0 Å². The van der Waals surface area contributed by atoms with Gasteiger partial charge in [0.2, 0.25) is 0 Å². The van der Waals surface area contributed by atoms with Gasteiger partial charge in [-0.25, -0.2) is 0 Å². The second kappa shape index (κ2) is 1.94. The van der Waals surface area contributed by atoms with Crippen LogP contribution in [0.15, 0.2) is 29.3 Å². The summed E-state index contributed by atoms with van der Waals surface area (Å²) >= 11 is 0. The molecule has 0 spiro atoms. The minimum Gasteiger partial charge on any atom is -0.251 e. The van der Waals surface area contributed by atoms with Crippen LogP contribution in [0, 0.1) is 0 Å². The molecule has 1 heteroatoms. The SMILES string of the molecule is CC1[C]=Nc2ccccc21. The first kappa shape index (κ1) is 5.66. The lowest BCUT2D eigenvalue weighted by Gasteiger charge is -1.98. The molecule has 0 aliphatic carbocycles. The summed E-state index contributed by atoms with van der Waals surface area (Å²) in [4.78, 5) is 4.13. The maximum atomic E-state index is 4.13. The third kappa shape index (κ3) is 0.670. The quantitative estimate of drug-likeness (QED) is 0.511. The van der Waals surface area contributed by atoms with Crippen molar-refractivity contribution < 1.29 is 0 Å². The molecule has 0 amide bonds. The number of benzene rings is 1. The molecule has 1 atom stereocenters. The van der Waals surface area contributed by atoms with Crippen molar-refractivity contribution in [1.82, 2.24) is 0 Å². The summed E-state index contributed by atoms with van der Waals surface area (Å²) in [6.45, 7) is 2.11. The normalized spacial score (nSPS) is 21.1. The first-order valence-electron chi connectivity index (χ1n) is 3.43. The molecule has 1 aromatic rings. The van der Waals surface area contributed by atoms with Crippen LogP contribution >= 0.6 is 0 Å². The van der Waals surface area contributed by atoms with Crippen molar-refractivity contribution in [2.75, 3.05) is 0 Å². The maximum Gasteiger partial charge on any atom is 0.0704 e. The number of nitrogens with zero attached hydrogens (tertiary/aromatic N) is 1. The van der Waals surface area contributed by atoms with Gasteiger partial charge < -0.3 is 0 Å². The Balaban J connectivity index is 2.59. The minimum atomic E-state index is 0.385. The fraction of sp³-hybridized carbons (Fsp3) is 0.222. The Kier molecular flexibility index (Phi) is 1.10. The zero-order valence-electron chi connectivity index (χ0n) is 5.83. The lowest BCUT2D eigenvalue weighted by molar-refractivity contribution is 1.08. The van der Waals surface area contributed by atoms with Crippen molar-refractivity contribution in [2.24, 2.45) is 4.99 Å². The highest BCUT2D eigenvalue weighted by atomic mass is 14.8. The summed E-state index contributed by atoms with van der Waals surface area (Å²) < 4.78 is 0. The van der Waals surface area contributed by atoms with E-state index in [1.807, 2.05) is 18.2 Å². The molecule has 1 unspecified atom stereocenters. The molecule has 1 aromatic carbocycles. The van der Waals surface area contributed by atoms with Gasteiger partial charge in [-0.1, -0.05) is 25.1 Å². The first-order chi connectivity index (χ1) is 4.88. The van der Waals surface area contributed by atoms with Gasteiger partial charge in [0.05, 0.1) is 11.9 Å². The van der Waals surface area contributed by atoms with Crippen molar-refractivity contribution >= 4 is 11.9 Å². The van der Waals surface area contributed by atoms with Crippen LogP contribution in [0.3, 0.4) is 0 Å². The van der Waals surface area contributed by atoms with E-state index in [4.69, 9.17) is 0 Å². The monoisotopic (exact) mass is 130 g/mol. The Morgan fingerprint density at radius 1 is 1.40 bits per heavy atom. The average Bonchev–Trinajstić information content (AvgIpc) is 2.34. The Labute approximate surface area is 60.4 Å². The summed E-state index contributed by atoms with van der Waals surface area (Å²) in [5, 5.41) is 0. The lowest BCUT2D eigenvalue weighted by Crippen LogP contribution is -1.86. The molecule has 0 bridgehead atoms. The van der Waals surface area contributed by atoms with Gasteiger partial charge in [-0.2, -0.15) is 0 Å². The topological polar surface area (TPSA) is 12.4 Å². The van der Waals surface area contributed by atoms with E-state index in [-0.39, 0.29) is 0 Å². The van der Waals surface area contributed by atoms with Crippen molar-refractivity contribution in [3.05, 3.63) is 29.8 Å². The van der Waals surface area contributed by atoms with E-state index < -0.39 is 0 Å². The Morgan fingerprint density at radius 2 is 2.20 bits per heavy atom. The van der Waals surface area contributed by atoms with Gasteiger partial charge in [0, 0.05) is 5.92 Å². The van der Waals surface area contributed by atoms with Crippen molar-refractivity contribution in [3.63, 3.8) is 0 Å². The molecule has 0 saturated carbocycles. The minimum absolute atomic E-state index is 0.385. The predicted molar refractivity (Wildman–Crippen MR) is 42.0 cm³/mol. The Hall–Kier alpha value is -1.11. The van der Waals surface area contributed by atoms with Gasteiger partial charge in [0.25, 0.3) is 0 Å². The number of fused-ring (bicyclic) bond motifs is 1. The smallest absolute Gasteiger partial charge is 0.0704 e. The van der Waals surface area contributed by atoms with Crippen LogP contribution in [-0.2, 0) is 0 Å². The zero-order valence-corrected chi connectivity index (χ0v) is 5.83. The van der Waals surface area contributed by atoms with Gasteiger partial charge in [-0.3, -0.25) is 4.99 Å². The van der Waals surface area contributed by atoms with E-state index in [2.05, 4.69) is 24.2 Å². The molecule has 0 aromatic heterocycles. The van der Waals surface area contributed by atoms with Gasteiger partial charge >= 0.3 is 0 Å². The van der Waals surface area contributed by atoms with Gasteiger partial charge in [-0.15, -0.1) is 0 Å². The molecule has 49 valence electrons. The van der Waals surface area contributed by atoms with Crippen LogP contribution in [0.5, 0.6) is 0 Å². The van der Waals surface area contributed by atoms with Crippen LogP contribution in [0.2, 0.25) is 0 Å². The molecule has 1 aliphatic rings. The third-order valence-electron chi connectivity index (χ3n) is 1.78. The van der Waals surface area contributed by atoms with Gasteiger partial charge in [-0.05, 0) is 11.6 Å². The van der Waals surface area contributed by atoms with E-state index in [0.29, 0.717) is 5.92 Å². The molecular formula is C9H8N. The van der Waals surface area contributed by atoms with Crippen LogP contribution in [0.25, 0.3) is 0 Å². The first-order valence-corrected chi connectivity index (χ1v) is 3.43. The molecule has 1 heterocycles. The molecule has 0 saturated heterocycles. The van der Waals surface area contributed by atoms with Crippen LogP contribution < -0.4 is 0 Å². The number of rotatable bonds is 0. The molecule has 1 aliphatic heterocycles. The number of hydrogen-bond donors (Lipinski definition) is 0. The Bertz CT molecular complexity index is 276. The molecule has 1 nitrogen and oxygen atoms in total. The fourth-order valence-electron chi connectivity index (χ4n) is 1.19. The second-order valence-electron chi connectivity index (χ2n) is 2.52. The van der Waals surface area contributed by atoms with Crippen LogP contribution in [0.4, 0.5) is 5.69 Å². The lowest BCUT2D eigenvalue weighted by atomic mass is 10.0. The van der Waals surface area contributed by atoms with Crippen LogP contribution in [-0.4, -0.2) is 6.21 Å². The fourth-order valence-corrected chi connectivity index (χ4v) is 1.19. The predicted octanol–water partition coefficient (Wildman–Crippen LogP) is 2.38. The van der Waals surface area contributed by atoms with E-state index in [0.717, 1.165) is 5.69 Å². The van der Waals surface area contributed by atoms with Gasteiger partial charge in [0.15, 0.2) is 0 Å². The zero-order chi connectivity index (χ0) is 6.97. The molecular weight excluding hydrogens is 122 g/mol. The molecule has 0 N–H and O–H groups in total. The second-order valence-corrected chi connectivity index (χ2v) is 2.52. The van der Waals surface area contributed by atoms with Crippen molar-refractivity contribution in [3.8, 4) is 0 Å². The van der Waals surface area contributed by atoms with E-state index >= 15 is 0 Å². The third-order valence-corrected chi connectivity index (χ3v) is 1.78. The summed E-state index contributed by atoms with van der Waals surface area (Å²) in [7, 11) is 0. The number of hydrogen-bond acceptors (Lipinski definition) is 1. The summed E-state index contributed by atoms with van der Waals surface area (Å²) in [6, 6.07) is 8.16. The highest BCUT2D eigenvalue weighted by Gasteiger charge is 2.12. The summed E-state index contributed by atoms with van der Waals surface area (Å²) in [5.41, 5.74) is 2.37. The molecule has 0 fully saturated rings. The highest BCUT2D eigenvalue weighted by Crippen LogP contribution is 2.30. The standard InChI is InChI=1S/C9H8N/c1-7-6-10-9-5-3-2-4-8(7)9/h2-5,7H,1H3. The average molecular weight is 130 g/mol. The van der Waals surface area contributed by atoms with Crippen molar-refractivity contribution in [1.29, 1.82) is 0 Å². The largest absolute Gasteiger partial charge is 0.251 e. The molecule has 1 radical (unpaired) electrons. The summed E-state index contributed by atoms with van der Waals surface area (Å²) in [6.07, 6.45) is 3.01. The molecule has 2 rings (SSSR count). The number of para-hydroxylation sites is 1. The summed E-state index contributed by atoms with van der Waals surface area (Å²) in [5.74, 6) is 0.385.